The van der Waals surface area contributed by atoms with Gasteiger partial charge in [0.2, 0.25) is 6.73 Å². The average molecular weight is 534 g/mol. The van der Waals surface area contributed by atoms with E-state index in [9.17, 15) is 18.3 Å². The Kier molecular flexibility index (Phi) is 6.57. The minimum absolute atomic E-state index is 0. The van der Waals surface area contributed by atoms with Crippen LogP contribution < -0.4 is 21.7 Å². The van der Waals surface area contributed by atoms with Gasteiger partial charge in [0.25, 0.3) is 0 Å². The summed E-state index contributed by atoms with van der Waals surface area (Å²) in [5, 5.41) is 12.4. The van der Waals surface area contributed by atoms with Crippen molar-refractivity contribution in [2.75, 3.05) is 26.4 Å². The summed E-state index contributed by atoms with van der Waals surface area (Å²) in [5.74, 6) is 0.432. The van der Waals surface area contributed by atoms with Crippen LogP contribution >= 0.6 is 0 Å². The molecule has 2 saturated heterocycles. The van der Waals surface area contributed by atoms with E-state index in [0.717, 1.165) is 55.7 Å². The van der Waals surface area contributed by atoms with Crippen LogP contribution in [0.5, 0.6) is 5.75 Å². The summed E-state index contributed by atoms with van der Waals surface area (Å²) in [7, 11) is 0. The summed E-state index contributed by atoms with van der Waals surface area (Å²) in [6.45, 7) is 2.87. The van der Waals surface area contributed by atoms with Crippen LogP contribution in [0.1, 0.15) is 29.5 Å². The molecular weight excluding hydrogens is 507 g/mol. The van der Waals surface area contributed by atoms with Crippen LogP contribution in [0.2, 0.25) is 0 Å². The van der Waals surface area contributed by atoms with Crippen LogP contribution in [0.3, 0.4) is 0 Å². The molecule has 3 nitrogen and oxygen atoms in total. The van der Waals surface area contributed by atoms with E-state index in [4.69, 9.17) is 4.74 Å². The topological polar surface area (TPSA) is 29.5 Å². The van der Waals surface area contributed by atoms with Gasteiger partial charge < -0.3 is 26.8 Å². The van der Waals surface area contributed by atoms with Crippen LogP contribution in [-0.4, -0.2) is 36.0 Å². The number of alkyl halides is 3. The summed E-state index contributed by atoms with van der Waals surface area (Å²) in [6, 6.07) is 24.6. The molecule has 3 aromatic rings. The first-order valence-corrected chi connectivity index (χ1v) is 11.3. The molecule has 0 radical (unpaired) electrons. The number of halogens is 4. The quantitative estimate of drug-likeness (QED) is 0.493. The highest BCUT2D eigenvalue weighted by Gasteiger charge is 2.65. The number of rotatable bonds is 6. The molecule has 2 heterocycles. The lowest BCUT2D eigenvalue weighted by atomic mass is 9.63. The van der Waals surface area contributed by atoms with E-state index in [1.807, 2.05) is 60.7 Å². The first-order valence-electron chi connectivity index (χ1n) is 11.3. The van der Waals surface area contributed by atoms with Crippen LogP contribution in [0.25, 0.3) is 0 Å². The number of benzene rings is 3. The Morgan fingerprint density at radius 2 is 1.26 bits per heavy atom. The molecule has 2 fully saturated rings. The first-order chi connectivity index (χ1) is 15.8. The maximum Gasteiger partial charge on any atom is 0.416 e. The molecule has 0 saturated carbocycles. The van der Waals surface area contributed by atoms with Crippen LogP contribution in [0.4, 0.5) is 13.2 Å². The third kappa shape index (κ3) is 4.14. The standard InChI is InChI=1S/C27H27F3NO2.BrH/c28-27(29,30)23-11-13-24(14-12-23)33-20-31-17-15-25(19-31,16-18-31)26(32,21-7-3-1-4-8-21)22-9-5-2-6-10-22;/h1-14,32H,15-20H2;1H/q+1;/p-1. The fourth-order valence-electron chi connectivity index (χ4n) is 5.84. The minimum Gasteiger partial charge on any atom is -1.00 e. The first kappa shape index (κ1) is 24.8. The Labute approximate surface area is 208 Å². The molecule has 34 heavy (non-hydrogen) atoms. The Morgan fingerprint density at radius 1 is 0.765 bits per heavy atom. The zero-order valence-corrected chi connectivity index (χ0v) is 20.2. The van der Waals surface area contributed by atoms with Crippen molar-refractivity contribution in [2.45, 2.75) is 24.6 Å². The summed E-state index contributed by atoms with van der Waals surface area (Å²) in [4.78, 5) is 0. The predicted octanol–water partition coefficient (Wildman–Crippen LogP) is 2.59. The summed E-state index contributed by atoms with van der Waals surface area (Å²) < 4.78 is 45.2. The fourth-order valence-corrected chi connectivity index (χ4v) is 5.84. The number of fused-ring (bicyclic) bond motifs is 2. The lowest BCUT2D eigenvalue weighted by Crippen LogP contribution is -3.00. The van der Waals surface area contributed by atoms with Gasteiger partial charge in [0.1, 0.15) is 11.4 Å². The smallest absolute Gasteiger partial charge is 0.416 e. The number of hydrogen-bond acceptors (Lipinski definition) is 2. The Hall–Kier alpha value is -2.35. The molecule has 2 aliphatic rings. The van der Waals surface area contributed by atoms with Gasteiger partial charge in [-0.3, -0.25) is 4.48 Å². The van der Waals surface area contributed by atoms with Crippen molar-refractivity contribution in [2.24, 2.45) is 5.41 Å². The van der Waals surface area contributed by atoms with E-state index in [2.05, 4.69) is 0 Å². The lowest BCUT2D eigenvalue weighted by Gasteiger charge is -2.42. The van der Waals surface area contributed by atoms with E-state index >= 15 is 0 Å². The number of quaternary nitrogens is 1. The normalized spacial score (nSPS) is 24.0. The largest absolute Gasteiger partial charge is 1.00 e. The zero-order chi connectivity index (χ0) is 23.2. The number of aliphatic hydroxyl groups is 1. The van der Waals surface area contributed by atoms with Gasteiger partial charge in [-0.1, -0.05) is 60.7 Å². The van der Waals surface area contributed by atoms with Gasteiger partial charge in [-0.2, -0.15) is 13.2 Å². The van der Waals surface area contributed by atoms with Gasteiger partial charge >= 0.3 is 6.18 Å². The molecule has 3 aromatic carbocycles. The van der Waals surface area contributed by atoms with Gasteiger partial charge in [-0.15, -0.1) is 0 Å². The summed E-state index contributed by atoms with van der Waals surface area (Å²) >= 11 is 0. The van der Waals surface area contributed by atoms with Crippen molar-refractivity contribution < 1.29 is 44.5 Å². The third-order valence-corrected chi connectivity index (χ3v) is 7.60. The second-order valence-corrected chi connectivity index (χ2v) is 9.47. The van der Waals surface area contributed by atoms with Crippen molar-refractivity contribution in [3.8, 4) is 5.75 Å². The number of nitrogens with zero attached hydrogens (tertiary/aromatic N) is 1. The molecule has 0 aliphatic carbocycles. The SMILES string of the molecule is OC(c1ccccc1)(c1ccccc1)C12CC[N+](COc3ccc(C(F)(F)F)cc3)(CC1)C2.[Br-]. The molecule has 0 unspecified atom stereocenters. The van der Waals surface area contributed by atoms with E-state index in [1.165, 1.54) is 12.1 Å². The Balaban J connectivity index is 0.00000274. The molecule has 2 aliphatic heterocycles. The van der Waals surface area contributed by atoms with Crippen LogP contribution in [0.15, 0.2) is 84.9 Å². The van der Waals surface area contributed by atoms with E-state index < -0.39 is 17.3 Å². The van der Waals surface area contributed by atoms with Crippen molar-refractivity contribution in [1.82, 2.24) is 0 Å². The highest BCUT2D eigenvalue weighted by Crippen LogP contribution is 2.58. The maximum atomic E-state index is 12.8. The molecule has 0 amide bonds. The Bertz CT molecular complexity index is 1060. The highest BCUT2D eigenvalue weighted by atomic mass is 79.9. The fraction of sp³-hybridized carbons (Fsp3) is 0.333. The van der Waals surface area contributed by atoms with Crippen molar-refractivity contribution >= 4 is 0 Å². The van der Waals surface area contributed by atoms with E-state index in [-0.39, 0.29) is 22.4 Å². The lowest BCUT2D eigenvalue weighted by molar-refractivity contribution is -0.924. The van der Waals surface area contributed by atoms with Crippen molar-refractivity contribution in [3.63, 3.8) is 0 Å². The number of hydrogen-bond donors (Lipinski definition) is 1. The van der Waals surface area contributed by atoms with Crippen molar-refractivity contribution in [3.05, 3.63) is 102 Å². The van der Waals surface area contributed by atoms with E-state index in [0.29, 0.717) is 17.0 Å². The second kappa shape index (κ2) is 9.02. The molecule has 0 aromatic heterocycles. The Morgan fingerprint density at radius 3 is 1.74 bits per heavy atom. The van der Waals surface area contributed by atoms with Gasteiger partial charge in [-0.25, -0.2) is 0 Å². The monoisotopic (exact) mass is 533 g/mol. The van der Waals surface area contributed by atoms with Crippen LogP contribution in [0, 0.1) is 5.41 Å². The molecular formula is C27H27BrF3NO2. The molecule has 0 atom stereocenters. The highest BCUT2D eigenvalue weighted by molar-refractivity contribution is 5.40. The summed E-state index contributed by atoms with van der Waals surface area (Å²) in [6.07, 6.45) is -2.66. The summed E-state index contributed by atoms with van der Waals surface area (Å²) in [5.41, 5.74) is -0.359. The van der Waals surface area contributed by atoms with Gasteiger partial charge in [-0.05, 0) is 35.4 Å². The minimum atomic E-state index is -4.36. The van der Waals surface area contributed by atoms with Gasteiger partial charge in [0, 0.05) is 12.8 Å². The average Bonchev–Trinajstić information content (AvgIpc) is 3.41. The maximum absolute atomic E-state index is 12.8. The zero-order valence-electron chi connectivity index (χ0n) is 18.6. The molecule has 2 bridgehead atoms. The molecule has 1 N–H and O–H groups in total. The molecule has 7 heteroatoms. The second-order valence-electron chi connectivity index (χ2n) is 9.47. The number of piperidine rings is 1. The predicted molar refractivity (Wildman–Crippen MR) is 119 cm³/mol. The molecule has 0 spiro atoms. The third-order valence-electron chi connectivity index (χ3n) is 7.60. The van der Waals surface area contributed by atoms with Gasteiger partial charge in [0.15, 0.2) is 0 Å². The van der Waals surface area contributed by atoms with E-state index in [1.54, 1.807) is 0 Å². The molecule has 180 valence electrons. The van der Waals surface area contributed by atoms with Crippen LogP contribution in [-0.2, 0) is 11.8 Å². The molecule has 5 rings (SSSR count). The van der Waals surface area contributed by atoms with Gasteiger partial charge in [0.05, 0.1) is 30.6 Å². The number of ether oxygens (including phenoxy) is 1. The van der Waals surface area contributed by atoms with Crippen molar-refractivity contribution in [1.29, 1.82) is 0 Å².